The Morgan fingerprint density at radius 2 is 0.679 bits per heavy atom. The fourth-order valence-electron chi connectivity index (χ4n) is 8.25. The summed E-state index contributed by atoms with van der Waals surface area (Å²) >= 11 is 0. The standard InChI is InChI=1S/C51H33N5/c1-4-16-34(17-5-1)36-20-14-21-37(32-36)50-52-49(35-18-6-2-7-19-35)53-51(54-50)38-22-15-25-40(33-38)56-44-29-13-11-27-42(44)48-46(56)31-30-45-47(48)41-26-10-12-28-43(41)55(45)39-23-8-3-9-24-39/h1-33H. The van der Waals surface area contributed by atoms with Crippen LogP contribution in [0.15, 0.2) is 200 Å². The molecule has 0 aliphatic carbocycles. The first-order valence-electron chi connectivity index (χ1n) is 18.9. The molecule has 5 nitrogen and oxygen atoms in total. The van der Waals surface area contributed by atoms with Crippen molar-refractivity contribution in [3.63, 3.8) is 0 Å². The quantitative estimate of drug-likeness (QED) is 0.172. The van der Waals surface area contributed by atoms with Gasteiger partial charge in [-0.15, -0.1) is 0 Å². The third-order valence-electron chi connectivity index (χ3n) is 10.7. The zero-order valence-electron chi connectivity index (χ0n) is 30.3. The lowest BCUT2D eigenvalue weighted by atomic mass is 10.0. The molecule has 0 bridgehead atoms. The van der Waals surface area contributed by atoms with Crippen LogP contribution in [-0.2, 0) is 0 Å². The molecule has 3 aromatic heterocycles. The van der Waals surface area contributed by atoms with Crippen molar-refractivity contribution >= 4 is 43.6 Å². The zero-order valence-corrected chi connectivity index (χ0v) is 30.3. The van der Waals surface area contributed by atoms with E-state index >= 15 is 0 Å². The van der Waals surface area contributed by atoms with Gasteiger partial charge in [-0.1, -0.05) is 146 Å². The van der Waals surface area contributed by atoms with E-state index in [-0.39, 0.29) is 0 Å². The van der Waals surface area contributed by atoms with Gasteiger partial charge in [-0.25, -0.2) is 15.0 Å². The van der Waals surface area contributed by atoms with Gasteiger partial charge < -0.3 is 9.13 Å². The Kier molecular flexibility index (Phi) is 7.42. The molecule has 0 fully saturated rings. The Labute approximate surface area is 323 Å². The second kappa shape index (κ2) is 13.0. The fourth-order valence-corrected chi connectivity index (χ4v) is 8.25. The van der Waals surface area contributed by atoms with Gasteiger partial charge in [0, 0.05) is 49.6 Å². The average molecular weight is 716 g/mol. The van der Waals surface area contributed by atoms with E-state index in [4.69, 9.17) is 15.0 Å². The van der Waals surface area contributed by atoms with E-state index in [9.17, 15) is 0 Å². The summed E-state index contributed by atoms with van der Waals surface area (Å²) in [6.45, 7) is 0. The molecular formula is C51H33N5. The van der Waals surface area contributed by atoms with Gasteiger partial charge in [0.2, 0.25) is 0 Å². The summed E-state index contributed by atoms with van der Waals surface area (Å²) in [6, 6.07) is 70.2. The second-order valence-electron chi connectivity index (χ2n) is 14.1. The van der Waals surface area contributed by atoms with E-state index in [2.05, 4.69) is 173 Å². The molecule has 0 aliphatic rings. The van der Waals surface area contributed by atoms with Crippen LogP contribution < -0.4 is 0 Å². The van der Waals surface area contributed by atoms with Crippen molar-refractivity contribution in [3.8, 4) is 56.7 Å². The van der Waals surface area contributed by atoms with Gasteiger partial charge in [-0.05, 0) is 65.7 Å². The van der Waals surface area contributed by atoms with Crippen LogP contribution in [0.2, 0.25) is 0 Å². The first-order valence-corrected chi connectivity index (χ1v) is 18.9. The van der Waals surface area contributed by atoms with E-state index < -0.39 is 0 Å². The minimum atomic E-state index is 0.620. The normalized spacial score (nSPS) is 11.6. The first-order chi connectivity index (χ1) is 27.8. The second-order valence-corrected chi connectivity index (χ2v) is 14.1. The monoisotopic (exact) mass is 715 g/mol. The molecule has 0 N–H and O–H groups in total. The predicted octanol–water partition coefficient (Wildman–Crippen LogP) is 12.7. The number of hydrogen-bond donors (Lipinski definition) is 0. The average Bonchev–Trinajstić information content (AvgIpc) is 3.80. The topological polar surface area (TPSA) is 48.5 Å². The Hall–Kier alpha value is -7.63. The lowest BCUT2D eigenvalue weighted by Crippen LogP contribution is -2.01. The Bertz CT molecular complexity index is 3240. The van der Waals surface area contributed by atoms with Crippen LogP contribution in [0.5, 0.6) is 0 Å². The first kappa shape index (κ1) is 31.9. The smallest absolute Gasteiger partial charge is 0.164 e. The number of rotatable bonds is 6. The van der Waals surface area contributed by atoms with Gasteiger partial charge in [0.15, 0.2) is 17.5 Å². The number of fused-ring (bicyclic) bond motifs is 7. The van der Waals surface area contributed by atoms with E-state index in [1.807, 2.05) is 36.4 Å². The molecule has 5 heteroatoms. The third-order valence-corrected chi connectivity index (χ3v) is 10.7. The van der Waals surface area contributed by atoms with E-state index in [1.54, 1.807) is 0 Å². The Balaban J connectivity index is 1.12. The van der Waals surface area contributed by atoms with Crippen molar-refractivity contribution in [1.82, 2.24) is 24.1 Å². The van der Waals surface area contributed by atoms with E-state index in [0.717, 1.165) is 50.2 Å². The van der Waals surface area contributed by atoms with Crippen LogP contribution in [-0.4, -0.2) is 24.1 Å². The van der Waals surface area contributed by atoms with Gasteiger partial charge >= 0.3 is 0 Å². The fraction of sp³-hybridized carbons (Fsp3) is 0. The SMILES string of the molecule is c1ccc(-c2cccc(-c3nc(-c4ccccc4)nc(-c4cccc(-n5c6ccccc6c6c7c8ccccc8n(-c8ccccc8)c7ccc65)c4)n3)c2)cc1. The van der Waals surface area contributed by atoms with Crippen molar-refractivity contribution in [3.05, 3.63) is 200 Å². The van der Waals surface area contributed by atoms with Gasteiger partial charge in [0.25, 0.3) is 0 Å². The van der Waals surface area contributed by atoms with Gasteiger partial charge in [0.1, 0.15) is 0 Å². The largest absolute Gasteiger partial charge is 0.309 e. The minimum absolute atomic E-state index is 0.620. The van der Waals surface area contributed by atoms with Crippen LogP contribution in [0.25, 0.3) is 100 Å². The minimum Gasteiger partial charge on any atom is -0.309 e. The molecule has 0 amide bonds. The van der Waals surface area contributed by atoms with E-state index in [0.29, 0.717) is 17.5 Å². The molecule has 0 saturated carbocycles. The molecule has 11 aromatic rings. The highest BCUT2D eigenvalue weighted by Crippen LogP contribution is 2.42. The maximum Gasteiger partial charge on any atom is 0.164 e. The molecular weight excluding hydrogens is 683 g/mol. The Morgan fingerprint density at radius 3 is 1.29 bits per heavy atom. The third kappa shape index (κ3) is 5.21. The van der Waals surface area contributed by atoms with Crippen LogP contribution in [0, 0.1) is 0 Å². The summed E-state index contributed by atoms with van der Waals surface area (Å²) in [7, 11) is 0. The molecule has 0 aliphatic heterocycles. The summed E-state index contributed by atoms with van der Waals surface area (Å²) < 4.78 is 4.76. The van der Waals surface area contributed by atoms with Crippen molar-refractivity contribution in [2.75, 3.05) is 0 Å². The molecule has 262 valence electrons. The lowest BCUT2D eigenvalue weighted by Gasteiger charge is -2.12. The van der Waals surface area contributed by atoms with Crippen LogP contribution in [0.1, 0.15) is 0 Å². The predicted molar refractivity (Wildman–Crippen MR) is 230 cm³/mol. The molecule has 0 spiro atoms. The van der Waals surface area contributed by atoms with Crippen molar-refractivity contribution in [2.45, 2.75) is 0 Å². The zero-order chi connectivity index (χ0) is 37.0. The number of aromatic nitrogens is 5. The molecule has 56 heavy (non-hydrogen) atoms. The summed E-state index contributed by atoms with van der Waals surface area (Å²) in [5.74, 6) is 1.89. The molecule has 0 unspecified atom stereocenters. The number of nitrogens with zero attached hydrogens (tertiary/aromatic N) is 5. The highest BCUT2D eigenvalue weighted by atomic mass is 15.0. The van der Waals surface area contributed by atoms with E-state index in [1.165, 1.54) is 32.6 Å². The van der Waals surface area contributed by atoms with Gasteiger partial charge in [0.05, 0.1) is 22.1 Å². The summed E-state index contributed by atoms with van der Waals surface area (Å²) in [6.07, 6.45) is 0. The summed E-state index contributed by atoms with van der Waals surface area (Å²) in [4.78, 5) is 15.3. The van der Waals surface area contributed by atoms with Crippen molar-refractivity contribution in [2.24, 2.45) is 0 Å². The summed E-state index contributed by atoms with van der Waals surface area (Å²) in [5.41, 5.74) is 11.9. The highest BCUT2D eigenvalue weighted by molar-refractivity contribution is 6.28. The van der Waals surface area contributed by atoms with Gasteiger partial charge in [-0.2, -0.15) is 0 Å². The molecule has 3 heterocycles. The Morgan fingerprint density at radius 1 is 0.268 bits per heavy atom. The molecule has 0 atom stereocenters. The van der Waals surface area contributed by atoms with Crippen molar-refractivity contribution in [1.29, 1.82) is 0 Å². The number of para-hydroxylation sites is 3. The summed E-state index contributed by atoms with van der Waals surface area (Å²) in [5, 5.41) is 4.93. The van der Waals surface area contributed by atoms with Crippen LogP contribution in [0.4, 0.5) is 0 Å². The maximum absolute atomic E-state index is 5.15. The number of benzene rings is 8. The van der Waals surface area contributed by atoms with Crippen LogP contribution in [0.3, 0.4) is 0 Å². The highest BCUT2D eigenvalue weighted by Gasteiger charge is 2.21. The van der Waals surface area contributed by atoms with Crippen molar-refractivity contribution < 1.29 is 0 Å². The molecule has 0 radical (unpaired) electrons. The molecule has 11 rings (SSSR count). The van der Waals surface area contributed by atoms with Gasteiger partial charge in [-0.3, -0.25) is 0 Å². The molecule has 8 aromatic carbocycles. The maximum atomic E-state index is 5.15. The molecule has 0 saturated heterocycles. The lowest BCUT2D eigenvalue weighted by molar-refractivity contribution is 1.07. The van der Waals surface area contributed by atoms with Crippen LogP contribution >= 0.6 is 0 Å². The number of hydrogen-bond acceptors (Lipinski definition) is 3.